The Kier molecular flexibility index (Phi) is 6.23. The summed E-state index contributed by atoms with van der Waals surface area (Å²) in [7, 11) is 0. The van der Waals surface area contributed by atoms with Gasteiger partial charge in [0.1, 0.15) is 0 Å². The van der Waals surface area contributed by atoms with Crippen LogP contribution in [0.2, 0.25) is 0 Å². The second-order valence-electron chi connectivity index (χ2n) is 5.22. The van der Waals surface area contributed by atoms with Crippen LogP contribution in [-0.4, -0.2) is 23.3 Å². The Labute approximate surface area is 105 Å². The molecule has 1 rings (SSSR count). The molecule has 3 heteroatoms. The zero-order valence-electron chi connectivity index (χ0n) is 11.2. The average Bonchev–Trinajstić information content (AvgIpc) is 2.26. The third-order valence-corrected chi connectivity index (χ3v) is 3.38. The maximum Gasteiger partial charge on any atom is 0.229 e. The van der Waals surface area contributed by atoms with Gasteiger partial charge in [-0.3, -0.25) is 14.5 Å². The Balaban J connectivity index is 2.17. The standard InChI is InChI=1S/C14H25NO2/c1-3-4-5-6-7-8-9-15-13(16)10-12(2)11-14(15)17/h12H,3-11H2,1-2H3. The maximum absolute atomic E-state index is 11.7. The Hall–Kier alpha value is -0.860. The van der Waals surface area contributed by atoms with Gasteiger partial charge in [-0.2, -0.15) is 0 Å². The van der Waals surface area contributed by atoms with Gasteiger partial charge in [-0.25, -0.2) is 0 Å². The summed E-state index contributed by atoms with van der Waals surface area (Å²) in [6.45, 7) is 4.81. The molecule has 1 heterocycles. The van der Waals surface area contributed by atoms with E-state index in [1.807, 2.05) is 6.92 Å². The Morgan fingerprint density at radius 2 is 1.53 bits per heavy atom. The molecule has 17 heavy (non-hydrogen) atoms. The van der Waals surface area contributed by atoms with Gasteiger partial charge < -0.3 is 0 Å². The number of nitrogens with zero attached hydrogens (tertiary/aromatic N) is 1. The van der Waals surface area contributed by atoms with Crippen molar-refractivity contribution in [3.63, 3.8) is 0 Å². The van der Waals surface area contributed by atoms with Crippen LogP contribution in [-0.2, 0) is 9.59 Å². The summed E-state index contributed by atoms with van der Waals surface area (Å²) in [4.78, 5) is 24.8. The first-order valence-electron chi connectivity index (χ1n) is 6.98. The molecule has 0 N–H and O–H groups in total. The van der Waals surface area contributed by atoms with E-state index in [9.17, 15) is 9.59 Å². The van der Waals surface area contributed by atoms with Crippen molar-refractivity contribution in [3.8, 4) is 0 Å². The van der Waals surface area contributed by atoms with E-state index in [-0.39, 0.29) is 17.7 Å². The predicted octanol–water partition coefficient (Wildman–Crippen LogP) is 3.13. The monoisotopic (exact) mass is 239 g/mol. The van der Waals surface area contributed by atoms with E-state index in [0.717, 1.165) is 12.8 Å². The molecule has 1 fully saturated rings. The molecule has 0 aliphatic carbocycles. The number of carbonyl (C=O) groups excluding carboxylic acids is 2. The number of hydrogen-bond acceptors (Lipinski definition) is 2. The molecule has 0 radical (unpaired) electrons. The third-order valence-electron chi connectivity index (χ3n) is 3.38. The van der Waals surface area contributed by atoms with Crippen LogP contribution >= 0.6 is 0 Å². The molecule has 2 amide bonds. The second-order valence-corrected chi connectivity index (χ2v) is 5.22. The lowest BCUT2D eigenvalue weighted by Gasteiger charge is -2.28. The summed E-state index contributed by atoms with van der Waals surface area (Å²) >= 11 is 0. The molecule has 1 saturated heterocycles. The zero-order valence-corrected chi connectivity index (χ0v) is 11.2. The van der Waals surface area contributed by atoms with Gasteiger partial charge in [-0.1, -0.05) is 46.0 Å². The van der Waals surface area contributed by atoms with Gasteiger partial charge in [0.15, 0.2) is 0 Å². The summed E-state index contributed by atoms with van der Waals surface area (Å²) in [5.41, 5.74) is 0. The summed E-state index contributed by atoms with van der Waals surface area (Å²) in [6, 6.07) is 0. The molecule has 1 aliphatic rings. The molecular formula is C14H25NO2. The van der Waals surface area contributed by atoms with Crippen molar-refractivity contribution in [3.05, 3.63) is 0 Å². The van der Waals surface area contributed by atoms with Crippen LogP contribution in [0.15, 0.2) is 0 Å². The molecular weight excluding hydrogens is 214 g/mol. The first-order valence-corrected chi connectivity index (χ1v) is 6.98. The number of piperidine rings is 1. The number of amides is 2. The fourth-order valence-corrected chi connectivity index (χ4v) is 2.33. The van der Waals surface area contributed by atoms with Crippen molar-refractivity contribution in [1.82, 2.24) is 4.90 Å². The van der Waals surface area contributed by atoms with Gasteiger partial charge in [-0.05, 0) is 12.3 Å². The lowest BCUT2D eigenvalue weighted by atomic mass is 9.97. The zero-order chi connectivity index (χ0) is 12.7. The second kappa shape index (κ2) is 7.46. The van der Waals surface area contributed by atoms with Gasteiger partial charge in [0.05, 0.1) is 0 Å². The number of rotatable bonds is 7. The van der Waals surface area contributed by atoms with Crippen LogP contribution in [0.1, 0.15) is 65.2 Å². The minimum Gasteiger partial charge on any atom is -0.283 e. The van der Waals surface area contributed by atoms with Gasteiger partial charge in [-0.15, -0.1) is 0 Å². The number of unbranched alkanes of at least 4 members (excludes halogenated alkanes) is 5. The van der Waals surface area contributed by atoms with Crippen LogP contribution in [0.4, 0.5) is 0 Å². The number of imide groups is 1. The minimum absolute atomic E-state index is 0.0299. The SMILES string of the molecule is CCCCCCCCN1C(=O)CC(C)CC1=O. The number of hydrogen-bond donors (Lipinski definition) is 0. The Bertz CT molecular complexity index is 245. The van der Waals surface area contributed by atoms with E-state index < -0.39 is 0 Å². The average molecular weight is 239 g/mol. The summed E-state index contributed by atoms with van der Waals surface area (Å²) < 4.78 is 0. The molecule has 98 valence electrons. The molecule has 0 atom stereocenters. The van der Waals surface area contributed by atoms with Crippen molar-refractivity contribution >= 4 is 11.8 Å². The van der Waals surface area contributed by atoms with Crippen LogP contribution in [0.5, 0.6) is 0 Å². The summed E-state index contributed by atoms with van der Waals surface area (Å²) in [6.07, 6.45) is 8.22. The third kappa shape index (κ3) is 4.88. The molecule has 0 spiro atoms. The maximum atomic E-state index is 11.7. The largest absolute Gasteiger partial charge is 0.283 e. The van der Waals surface area contributed by atoms with E-state index in [1.54, 1.807) is 0 Å². The number of carbonyl (C=O) groups is 2. The highest BCUT2D eigenvalue weighted by atomic mass is 16.2. The lowest BCUT2D eigenvalue weighted by molar-refractivity contribution is -0.149. The predicted molar refractivity (Wildman–Crippen MR) is 68.5 cm³/mol. The van der Waals surface area contributed by atoms with Gasteiger partial charge in [0.2, 0.25) is 11.8 Å². The molecule has 0 saturated carbocycles. The minimum atomic E-state index is 0.0299. The van der Waals surface area contributed by atoms with E-state index in [1.165, 1.54) is 30.6 Å². The molecule has 3 nitrogen and oxygen atoms in total. The highest BCUT2D eigenvalue weighted by Gasteiger charge is 2.29. The highest BCUT2D eigenvalue weighted by Crippen LogP contribution is 2.19. The summed E-state index contributed by atoms with van der Waals surface area (Å²) in [5, 5.41) is 0. The fourth-order valence-electron chi connectivity index (χ4n) is 2.33. The molecule has 0 bridgehead atoms. The Morgan fingerprint density at radius 1 is 1.00 bits per heavy atom. The molecule has 0 aromatic heterocycles. The van der Waals surface area contributed by atoms with E-state index in [0.29, 0.717) is 19.4 Å². The quantitative estimate of drug-likeness (QED) is 0.505. The summed E-state index contributed by atoms with van der Waals surface area (Å²) in [5.74, 6) is 0.292. The van der Waals surface area contributed by atoms with Crippen LogP contribution in [0.25, 0.3) is 0 Å². The van der Waals surface area contributed by atoms with Crippen LogP contribution in [0.3, 0.4) is 0 Å². The molecule has 1 aliphatic heterocycles. The molecule has 0 aromatic rings. The Morgan fingerprint density at radius 3 is 2.12 bits per heavy atom. The van der Waals surface area contributed by atoms with Crippen LogP contribution < -0.4 is 0 Å². The van der Waals surface area contributed by atoms with Crippen LogP contribution in [0, 0.1) is 5.92 Å². The topological polar surface area (TPSA) is 37.4 Å². The highest BCUT2D eigenvalue weighted by molar-refractivity contribution is 5.97. The van der Waals surface area contributed by atoms with Crippen molar-refractivity contribution in [2.24, 2.45) is 5.92 Å². The molecule has 0 aromatic carbocycles. The fraction of sp³-hybridized carbons (Fsp3) is 0.857. The first kappa shape index (κ1) is 14.2. The number of likely N-dealkylation sites (tertiary alicyclic amines) is 1. The smallest absolute Gasteiger partial charge is 0.229 e. The first-order chi connectivity index (χ1) is 8.15. The van der Waals surface area contributed by atoms with E-state index in [2.05, 4.69) is 6.92 Å². The van der Waals surface area contributed by atoms with Gasteiger partial charge >= 0.3 is 0 Å². The van der Waals surface area contributed by atoms with Crippen molar-refractivity contribution in [1.29, 1.82) is 0 Å². The molecule has 0 unspecified atom stereocenters. The van der Waals surface area contributed by atoms with Crippen molar-refractivity contribution in [2.45, 2.75) is 65.2 Å². The lowest BCUT2D eigenvalue weighted by Crippen LogP contribution is -2.43. The van der Waals surface area contributed by atoms with Gasteiger partial charge in [0, 0.05) is 19.4 Å². The van der Waals surface area contributed by atoms with Gasteiger partial charge in [0.25, 0.3) is 0 Å². The van der Waals surface area contributed by atoms with Crippen molar-refractivity contribution < 1.29 is 9.59 Å². The normalized spacial score (nSPS) is 17.9. The van der Waals surface area contributed by atoms with E-state index in [4.69, 9.17) is 0 Å². The van der Waals surface area contributed by atoms with Crippen molar-refractivity contribution in [2.75, 3.05) is 6.54 Å². The van der Waals surface area contributed by atoms with E-state index >= 15 is 0 Å².